The second kappa shape index (κ2) is 9.06. The fraction of sp³-hybridized carbons (Fsp3) is 0.667. The van der Waals surface area contributed by atoms with Crippen LogP contribution in [0, 0.1) is 5.92 Å². The van der Waals surface area contributed by atoms with Crippen LogP contribution in [0.25, 0.3) is 0 Å². The molecule has 0 unspecified atom stereocenters. The third-order valence-corrected chi connectivity index (χ3v) is 4.48. The quantitative estimate of drug-likeness (QED) is 0.797. The number of hydrogen-bond acceptors (Lipinski definition) is 3. The van der Waals surface area contributed by atoms with Crippen molar-refractivity contribution in [2.24, 2.45) is 11.7 Å². The van der Waals surface area contributed by atoms with Crippen molar-refractivity contribution >= 4 is 0 Å². The third kappa shape index (κ3) is 5.68. The highest BCUT2D eigenvalue weighted by Crippen LogP contribution is 2.25. The van der Waals surface area contributed by atoms with E-state index in [0.29, 0.717) is 0 Å². The molecular weight excluding hydrogens is 260 g/mol. The first-order chi connectivity index (χ1) is 10.3. The maximum absolute atomic E-state index is 5.70. The summed E-state index contributed by atoms with van der Waals surface area (Å²) >= 11 is 0. The van der Waals surface area contributed by atoms with Crippen LogP contribution in [0.4, 0.5) is 0 Å². The Morgan fingerprint density at radius 1 is 1.14 bits per heavy atom. The van der Waals surface area contributed by atoms with Crippen molar-refractivity contribution in [1.29, 1.82) is 0 Å². The number of methoxy groups -OCH3 is 1. The number of benzene rings is 1. The van der Waals surface area contributed by atoms with Gasteiger partial charge >= 0.3 is 0 Å². The predicted octanol–water partition coefficient (Wildman–Crippen LogP) is 3.43. The molecule has 0 aromatic heterocycles. The van der Waals surface area contributed by atoms with Gasteiger partial charge in [0, 0.05) is 13.1 Å². The topological polar surface area (TPSA) is 38.5 Å². The molecule has 3 heteroatoms. The SMILES string of the molecule is COc1ccc(CN(CCCN)CC2CCCCC2)cc1. The molecule has 2 N–H and O–H groups in total. The standard InChI is InChI=1S/C18H30N2O/c1-21-18-10-8-17(9-11-18)15-20(13-5-12-19)14-16-6-3-2-4-7-16/h8-11,16H,2-7,12-15,19H2,1H3. The molecule has 0 saturated heterocycles. The molecule has 0 aliphatic heterocycles. The lowest BCUT2D eigenvalue weighted by molar-refractivity contribution is 0.193. The van der Waals surface area contributed by atoms with Gasteiger partial charge in [-0.3, -0.25) is 4.90 Å². The average Bonchev–Trinajstić information content (AvgIpc) is 2.54. The first-order valence-corrected chi connectivity index (χ1v) is 8.37. The van der Waals surface area contributed by atoms with E-state index in [-0.39, 0.29) is 0 Å². The van der Waals surface area contributed by atoms with Gasteiger partial charge in [-0.15, -0.1) is 0 Å². The van der Waals surface area contributed by atoms with Gasteiger partial charge in [0.2, 0.25) is 0 Å². The average molecular weight is 290 g/mol. The predicted molar refractivity (Wildman–Crippen MR) is 88.5 cm³/mol. The Kier molecular flexibility index (Phi) is 7.04. The molecule has 1 fully saturated rings. The van der Waals surface area contributed by atoms with Gasteiger partial charge in [-0.05, 0) is 56.0 Å². The molecule has 1 aromatic rings. The number of ether oxygens (including phenoxy) is 1. The summed E-state index contributed by atoms with van der Waals surface area (Å²) in [5.41, 5.74) is 7.06. The Morgan fingerprint density at radius 3 is 2.48 bits per heavy atom. The van der Waals surface area contributed by atoms with Crippen LogP contribution >= 0.6 is 0 Å². The molecule has 2 rings (SSSR count). The summed E-state index contributed by atoms with van der Waals surface area (Å²) in [6.45, 7) is 4.15. The van der Waals surface area contributed by atoms with E-state index in [2.05, 4.69) is 29.2 Å². The second-order valence-electron chi connectivity index (χ2n) is 6.23. The zero-order chi connectivity index (χ0) is 14.9. The summed E-state index contributed by atoms with van der Waals surface area (Å²) < 4.78 is 5.23. The van der Waals surface area contributed by atoms with E-state index in [1.807, 2.05) is 0 Å². The largest absolute Gasteiger partial charge is 0.497 e. The number of nitrogens with two attached hydrogens (primary N) is 1. The molecule has 0 bridgehead atoms. The first-order valence-electron chi connectivity index (χ1n) is 8.37. The van der Waals surface area contributed by atoms with Gasteiger partial charge in [0.15, 0.2) is 0 Å². The molecule has 1 saturated carbocycles. The Bertz CT molecular complexity index is 385. The van der Waals surface area contributed by atoms with E-state index in [4.69, 9.17) is 10.5 Å². The second-order valence-corrected chi connectivity index (χ2v) is 6.23. The van der Waals surface area contributed by atoms with Crippen LogP contribution in [-0.4, -0.2) is 31.6 Å². The molecule has 0 atom stereocenters. The molecule has 1 aliphatic carbocycles. The molecule has 0 spiro atoms. The van der Waals surface area contributed by atoms with Crippen LogP contribution in [-0.2, 0) is 6.54 Å². The smallest absolute Gasteiger partial charge is 0.118 e. The Morgan fingerprint density at radius 2 is 1.86 bits per heavy atom. The van der Waals surface area contributed by atoms with Crippen molar-refractivity contribution in [1.82, 2.24) is 4.90 Å². The van der Waals surface area contributed by atoms with Crippen LogP contribution in [0.1, 0.15) is 44.1 Å². The van der Waals surface area contributed by atoms with Gasteiger partial charge in [-0.25, -0.2) is 0 Å². The molecule has 0 heterocycles. The van der Waals surface area contributed by atoms with E-state index in [1.54, 1.807) is 7.11 Å². The molecular formula is C18H30N2O. The molecule has 1 aliphatic rings. The lowest BCUT2D eigenvalue weighted by atomic mass is 9.89. The van der Waals surface area contributed by atoms with Crippen molar-refractivity contribution in [3.8, 4) is 5.75 Å². The van der Waals surface area contributed by atoms with Crippen LogP contribution in [0.5, 0.6) is 5.75 Å². The van der Waals surface area contributed by atoms with Gasteiger partial charge in [-0.1, -0.05) is 31.4 Å². The molecule has 0 radical (unpaired) electrons. The summed E-state index contributed by atoms with van der Waals surface area (Å²) in [6.07, 6.45) is 8.15. The van der Waals surface area contributed by atoms with Gasteiger partial charge in [0.05, 0.1) is 7.11 Å². The summed E-state index contributed by atoms with van der Waals surface area (Å²) in [5, 5.41) is 0. The molecule has 3 nitrogen and oxygen atoms in total. The number of rotatable bonds is 8. The fourth-order valence-corrected chi connectivity index (χ4v) is 3.27. The Labute approximate surface area is 129 Å². The minimum absolute atomic E-state index is 0.782. The van der Waals surface area contributed by atoms with E-state index in [9.17, 15) is 0 Å². The van der Waals surface area contributed by atoms with E-state index < -0.39 is 0 Å². The Balaban J connectivity index is 1.90. The first kappa shape index (κ1) is 16.3. The van der Waals surface area contributed by atoms with Crippen molar-refractivity contribution in [2.45, 2.75) is 45.1 Å². The summed E-state index contributed by atoms with van der Waals surface area (Å²) in [6, 6.07) is 8.46. The van der Waals surface area contributed by atoms with Gasteiger partial charge in [0.1, 0.15) is 5.75 Å². The van der Waals surface area contributed by atoms with E-state index in [0.717, 1.165) is 37.7 Å². The van der Waals surface area contributed by atoms with Gasteiger partial charge < -0.3 is 10.5 Å². The molecule has 21 heavy (non-hydrogen) atoms. The highest BCUT2D eigenvalue weighted by molar-refractivity contribution is 5.27. The summed E-state index contributed by atoms with van der Waals surface area (Å²) in [7, 11) is 1.71. The maximum atomic E-state index is 5.70. The molecule has 118 valence electrons. The zero-order valence-electron chi connectivity index (χ0n) is 13.4. The van der Waals surface area contributed by atoms with E-state index in [1.165, 1.54) is 44.2 Å². The van der Waals surface area contributed by atoms with Crippen molar-refractivity contribution in [3.05, 3.63) is 29.8 Å². The van der Waals surface area contributed by atoms with Crippen LogP contribution in [0.15, 0.2) is 24.3 Å². The lowest BCUT2D eigenvalue weighted by Gasteiger charge is -2.29. The molecule has 0 amide bonds. The third-order valence-electron chi connectivity index (χ3n) is 4.48. The summed E-state index contributed by atoms with van der Waals surface area (Å²) in [4.78, 5) is 2.59. The lowest BCUT2D eigenvalue weighted by Crippen LogP contribution is -2.32. The monoisotopic (exact) mass is 290 g/mol. The Hall–Kier alpha value is -1.06. The van der Waals surface area contributed by atoms with E-state index >= 15 is 0 Å². The van der Waals surface area contributed by atoms with Gasteiger partial charge in [-0.2, -0.15) is 0 Å². The van der Waals surface area contributed by atoms with Crippen molar-refractivity contribution < 1.29 is 4.74 Å². The maximum Gasteiger partial charge on any atom is 0.118 e. The number of hydrogen-bond donors (Lipinski definition) is 1. The normalized spacial score (nSPS) is 16.3. The van der Waals surface area contributed by atoms with Crippen LogP contribution in [0.3, 0.4) is 0 Å². The van der Waals surface area contributed by atoms with Crippen LogP contribution < -0.4 is 10.5 Å². The van der Waals surface area contributed by atoms with Crippen LogP contribution in [0.2, 0.25) is 0 Å². The highest BCUT2D eigenvalue weighted by atomic mass is 16.5. The van der Waals surface area contributed by atoms with Gasteiger partial charge in [0.25, 0.3) is 0 Å². The van der Waals surface area contributed by atoms with Crippen molar-refractivity contribution in [2.75, 3.05) is 26.7 Å². The minimum Gasteiger partial charge on any atom is -0.497 e. The van der Waals surface area contributed by atoms with Crippen molar-refractivity contribution in [3.63, 3.8) is 0 Å². The highest BCUT2D eigenvalue weighted by Gasteiger charge is 2.17. The minimum atomic E-state index is 0.782. The molecule has 1 aromatic carbocycles. The number of nitrogens with zero attached hydrogens (tertiary/aromatic N) is 1. The summed E-state index contributed by atoms with van der Waals surface area (Å²) in [5.74, 6) is 1.81. The zero-order valence-corrected chi connectivity index (χ0v) is 13.4. The fourth-order valence-electron chi connectivity index (χ4n) is 3.27.